The highest BCUT2D eigenvalue weighted by Gasteiger charge is 2.30. The Morgan fingerprint density at radius 1 is 1.28 bits per heavy atom. The average molecular weight is 511 g/mol. The number of fused-ring (bicyclic) bond motifs is 4. The number of nitrogen functional groups attached to an aromatic ring is 1. The normalized spacial score (nSPS) is 18.0. The van der Waals surface area contributed by atoms with Gasteiger partial charge in [-0.15, -0.1) is 11.3 Å². The summed E-state index contributed by atoms with van der Waals surface area (Å²) < 4.78 is 48.0. The van der Waals surface area contributed by atoms with Gasteiger partial charge in [-0.1, -0.05) is 0 Å². The minimum atomic E-state index is -0.677. The zero-order chi connectivity index (χ0) is 25.0. The molecule has 6 rings (SSSR count). The van der Waals surface area contributed by atoms with Gasteiger partial charge < -0.3 is 24.8 Å². The maximum absolute atomic E-state index is 16.2. The van der Waals surface area contributed by atoms with E-state index in [1.807, 2.05) is 13.1 Å². The molecule has 9 nitrogen and oxygen atoms in total. The molecule has 0 bridgehead atoms. The van der Waals surface area contributed by atoms with Crippen LogP contribution in [0.25, 0.3) is 32.2 Å². The van der Waals surface area contributed by atoms with Crippen LogP contribution in [0.4, 0.5) is 13.8 Å². The van der Waals surface area contributed by atoms with Crippen molar-refractivity contribution in [2.24, 2.45) is 0 Å². The number of morpholine rings is 1. The largest absolute Gasteiger partial charge is 0.461 e. The quantitative estimate of drug-likeness (QED) is 0.441. The lowest BCUT2D eigenvalue weighted by molar-refractivity contribution is -0.0416. The number of hydrogen-bond donors (Lipinski definition) is 1. The van der Waals surface area contributed by atoms with Crippen molar-refractivity contribution in [2.45, 2.75) is 19.3 Å². The second kappa shape index (κ2) is 8.86. The third-order valence-corrected chi connectivity index (χ3v) is 7.49. The number of nitrogens with zero attached hydrogens (tertiary/aromatic N) is 5. The number of aromatic nitrogens is 3. The van der Waals surface area contributed by atoms with Crippen LogP contribution in [0, 0.1) is 23.0 Å². The number of anilines is 1. The van der Waals surface area contributed by atoms with E-state index in [-0.39, 0.29) is 69.4 Å². The highest BCUT2D eigenvalue weighted by Crippen LogP contribution is 2.44. The van der Waals surface area contributed by atoms with Crippen molar-refractivity contribution in [3.63, 3.8) is 0 Å². The van der Waals surface area contributed by atoms with Gasteiger partial charge in [0.2, 0.25) is 0 Å². The second-order valence-corrected chi connectivity index (χ2v) is 9.78. The predicted molar refractivity (Wildman–Crippen MR) is 128 cm³/mol. The van der Waals surface area contributed by atoms with Crippen molar-refractivity contribution >= 4 is 37.3 Å². The Morgan fingerprint density at radius 3 is 2.92 bits per heavy atom. The number of pyridine rings is 1. The molecule has 4 aromatic rings. The highest BCUT2D eigenvalue weighted by molar-refractivity contribution is 7.23. The van der Waals surface area contributed by atoms with Gasteiger partial charge in [0.25, 0.3) is 0 Å². The first-order valence-electron chi connectivity index (χ1n) is 11.2. The van der Waals surface area contributed by atoms with Crippen LogP contribution in [0.3, 0.4) is 0 Å². The van der Waals surface area contributed by atoms with Crippen molar-refractivity contribution in [1.29, 1.82) is 5.26 Å². The molecule has 12 heteroatoms. The molecule has 36 heavy (non-hydrogen) atoms. The van der Waals surface area contributed by atoms with Gasteiger partial charge in [0, 0.05) is 35.6 Å². The number of nitrogens with two attached hydrogens (primary N) is 1. The Hall–Kier alpha value is -3.50. The second-order valence-electron chi connectivity index (χ2n) is 8.73. The van der Waals surface area contributed by atoms with Gasteiger partial charge >= 0.3 is 6.01 Å². The van der Waals surface area contributed by atoms with Gasteiger partial charge in [0.1, 0.15) is 29.3 Å². The fourth-order valence-electron chi connectivity index (χ4n) is 4.74. The van der Waals surface area contributed by atoms with Crippen LogP contribution in [0.15, 0.2) is 12.4 Å². The van der Waals surface area contributed by atoms with Crippen LogP contribution >= 0.6 is 11.3 Å². The SMILES string of the molecule is CN1CCO[C@H](COc2ncc3c4c(c(-c5ncc(F)c6sc(N)c(C#N)c56)c(F)c3n2)COC4)C1. The lowest BCUT2D eigenvalue weighted by Gasteiger charge is -2.29. The number of halogens is 2. The number of likely N-dealkylation sites (N-methyl/N-ethyl adjacent to an activating group) is 1. The molecule has 184 valence electrons. The highest BCUT2D eigenvalue weighted by atomic mass is 32.1. The molecular weight excluding hydrogens is 490 g/mol. The number of hydrogen-bond acceptors (Lipinski definition) is 10. The molecule has 0 saturated carbocycles. The van der Waals surface area contributed by atoms with Gasteiger partial charge in [0.15, 0.2) is 11.6 Å². The topological polar surface area (TPSA) is 119 Å². The molecule has 3 aromatic heterocycles. The van der Waals surface area contributed by atoms with Gasteiger partial charge in [0.05, 0.1) is 42.0 Å². The molecule has 2 aliphatic heterocycles. The molecular formula is C24H20F2N6O3S. The van der Waals surface area contributed by atoms with E-state index in [0.29, 0.717) is 29.7 Å². The number of ether oxygens (including phenoxy) is 3. The summed E-state index contributed by atoms with van der Waals surface area (Å²) in [6.45, 7) is 2.73. The first-order valence-corrected chi connectivity index (χ1v) is 12.1. The molecule has 0 radical (unpaired) electrons. The van der Waals surface area contributed by atoms with Crippen LogP contribution < -0.4 is 10.5 Å². The minimum Gasteiger partial charge on any atom is -0.461 e. The summed E-state index contributed by atoms with van der Waals surface area (Å²) in [6.07, 6.45) is 2.38. The molecule has 0 spiro atoms. The maximum Gasteiger partial charge on any atom is 0.317 e. The van der Waals surface area contributed by atoms with E-state index in [9.17, 15) is 9.65 Å². The van der Waals surface area contributed by atoms with Gasteiger partial charge in [-0.25, -0.2) is 13.8 Å². The molecule has 2 aliphatic rings. The molecule has 1 atom stereocenters. The van der Waals surface area contributed by atoms with Crippen molar-refractivity contribution in [2.75, 3.05) is 39.1 Å². The van der Waals surface area contributed by atoms with Crippen LogP contribution in [0.1, 0.15) is 16.7 Å². The third-order valence-electron chi connectivity index (χ3n) is 6.46. The molecule has 2 N–H and O–H groups in total. The van der Waals surface area contributed by atoms with Gasteiger partial charge in [-0.2, -0.15) is 10.2 Å². The van der Waals surface area contributed by atoms with E-state index >= 15 is 4.39 Å². The van der Waals surface area contributed by atoms with Gasteiger partial charge in [-0.3, -0.25) is 4.98 Å². The van der Waals surface area contributed by atoms with Crippen molar-refractivity contribution < 1.29 is 23.0 Å². The third kappa shape index (κ3) is 3.63. The van der Waals surface area contributed by atoms with Crippen molar-refractivity contribution in [1.82, 2.24) is 19.9 Å². The summed E-state index contributed by atoms with van der Waals surface area (Å²) in [5.74, 6) is -1.31. The zero-order valence-corrected chi connectivity index (χ0v) is 20.0. The van der Waals surface area contributed by atoms with E-state index in [0.717, 1.165) is 24.1 Å². The Morgan fingerprint density at radius 2 is 2.11 bits per heavy atom. The summed E-state index contributed by atoms with van der Waals surface area (Å²) in [6, 6.07) is 2.02. The summed E-state index contributed by atoms with van der Waals surface area (Å²) in [4.78, 5) is 15.0. The standard InChI is InChI=1S/C24H20F2N6O3S/c1-32-2-3-34-11(7-32)8-35-24-30-5-13-14-9-33-10-15(14)17(19(26)20(13)31-24)21-18-12(4-27)23(28)36-22(18)16(25)6-29-21/h5-6,11H,2-3,7-10,28H2,1H3/t11-/m0/s1. The molecule has 1 aromatic carbocycles. The lowest BCUT2D eigenvalue weighted by Crippen LogP contribution is -2.42. The van der Waals surface area contributed by atoms with E-state index in [2.05, 4.69) is 19.9 Å². The number of thiophene rings is 1. The average Bonchev–Trinajstić information content (AvgIpc) is 3.49. The number of nitriles is 1. The van der Waals surface area contributed by atoms with Gasteiger partial charge in [-0.05, 0) is 18.2 Å². The van der Waals surface area contributed by atoms with E-state index in [4.69, 9.17) is 19.9 Å². The van der Waals surface area contributed by atoms with Crippen LogP contribution in [0.2, 0.25) is 0 Å². The van der Waals surface area contributed by atoms with E-state index in [1.165, 1.54) is 6.20 Å². The first kappa shape index (κ1) is 22.9. The van der Waals surface area contributed by atoms with E-state index in [1.54, 1.807) is 0 Å². The molecule has 0 amide bonds. The fraction of sp³-hybridized carbons (Fsp3) is 0.333. The number of benzene rings is 1. The predicted octanol–water partition coefficient (Wildman–Crippen LogP) is 3.38. The Bertz CT molecular complexity index is 1570. The monoisotopic (exact) mass is 510 g/mol. The Labute approximate surface area is 208 Å². The van der Waals surface area contributed by atoms with Crippen LogP contribution in [-0.4, -0.2) is 59.3 Å². The van der Waals surface area contributed by atoms with Crippen molar-refractivity contribution in [3.05, 3.63) is 40.7 Å². The summed E-state index contributed by atoms with van der Waals surface area (Å²) in [7, 11) is 2.00. The summed E-state index contributed by atoms with van der Waals surface area (Å²) in [5, 5.41) is 10.5. The lowest BCUT2D eigenvalue weighted by atomic mass is 9.94. The van der Waals surface area contributed by atoms with Crippen molar-refractivity contribution in [3.8, 4) is 23.3 Å². The van der Waals surface area contributed by atoms with E-state index < -0.39 is 11.6 Å². The first-order chi connectivity index (χ1) is 17.5. The molecule has 0 aliphatic carbocycles. The molecule has 5 heterocycles. The molecule has 1 saturated heterocycles. The fourth-order valence-corrected chi connectivity index (χ4v) is 5.66. The summed E-state index contributed by atoms with van der Waals surface area (Å²) >= 11 is 0.930. The summed E-state index contributed by atoms with van der Waals surface area (Å²) in [5.41, 5.74) is 7.57. The number of rotatable bonds is 4. The Kier molecular flexibility index (Phi) is 5.65. The molecule has 0 unspecified atom stereocenters. The van der Waals surface area contributed by atoms with Crippen LogP contribution in [-0.2, 0) is 22.7 Å². The zero-order valence-electron chi connectivity index (χ0n) is 19.2. The minimum absolute atomic E-state index is 0.0118. The Balaban J connectivity index is 1.50. The molecule has 1 fully saturated rings. The smallest absolute Gasteiger partial charge is 0.317 e. The maximum atomic E-state index is 16.2. The van der Waals surface area contributed by atoms with Crippen LogP contribution in [0.5, 0.6) is 6.01 Å².